The number of nitrogens with two attached hydrogens (primary N) is 1. The highest BCUT2D eigenvalue weighted by Crippen LogP contribution is 2.25. The minimum absolute atomic E-state index is 0. The number of nitrogens with one attached hydrogen (secondary N) is 2. The standard InChI is InChI=1S/C13H17N3O3.ClH/c1-19-7-10(14)13(18)15-9-4-2-8-3-5-12(17)16-11(8)6-9;/h2,4,6,10H,3,5,7,14H2,1H3,(H,15,18)(H,16,17);1H. The highest BCUT2D eigenvalue weighted by atomic mass is 35.5. The molecular weight excluding hydrogens is 282 g/mol. The van der Waals surface area contributed by atoms with Crippen molar-refractivity contribution < 1.29 is 14.3 Å². The van der Waals surface area contributed by atoms with Crippen molar-refractivity contribution in [2.24, 2.45) is 5.73 Å². The molecule has 1 heterocycles. The van der Waals surface area contributed by atoms with Crippen molar-refractivity contribution in [1.82, 2.24) is 0 Å². The minimum atomic E-state index is -0.712. The van der Waals surface area contributed by atoms with Crippen molar-refractivity contribution in [2.75, 3.05) is 24.4 Å². The van der Waals surface area contributed by atoms with Crippen molar-refractivity contribution in [3.05, 3.63) is 23.8 Å². The van der Waals surface area contributed by atoms with Gasteiger partial charge in [0, 0.05) is 24.9 Å². The van der Waals surface area contributed by atoms with E-state index in [1.165, 1.54) is 7.11 Å². The maximum absolute atomic E-state index is 11.7. The van der Waals surface area contributed by atoms with E-state index < -0.39 is 6.04 Å². The van der Waals surface area contributed by atoms with E-state index in [1.807, 2.05) is 6.07 Å². The van der Waals surface area contributed by atoms with Crippen LogP contribution in [0.4, 0.5) is 11.4 Å². The van der Waals surface area contributed by atoms with Crippen LogP contribution in [0.3, 0.4) is 0 Å². The zero-order valence-electron chi connectivity index (χ0n) is 11.1. The molecule has 2 rings (SSSR count). The molecule has 0 fully saturated rings. The third-order valence-corrected chi connectivity index (χ3v) is 2.96. The number of carbonyl (C=O) groups excluding carboxylic acids is 2. The van der Waals surface area contributed by atoms with Crippen molar-refractivity contribution in [2.45, 2.75) is 18.9 Å². The number of halogens is 1. The van der Waals surface area contributed by atoms with E-state index >= 15 is 0 Å². The average molecular weight is 300 g/mol. The maximum atomic E-state index is 11.7. The van der Waals surface area contributed by atoms with E-state index in [2.05, 4.69) is 10.6 Å². The largest absolute Gasteiger partial charge is 0.383 e. The molecule has 1 aromatic carbocycles. The minimum Gasteiger partial charge on any atom is -0.383 e. The zero-order chi connectivity index (χ0) is 13.8. The Morgan fingerprint density at radius 3 is 2.95 bits per heavy atom. The fourth-order valence-electron chi connectivity index (χ4n) is 1.94. The molecule has 1 aliphatic heterocycles. The fraction of sp³-hybridized carbons (Fsp3) is 0.385. The number of methoxy groups -OCH3 is 1. The Balaban J connectivity index is 0.00000200. The van der Waals surface area contributed by atoms with Gasteiger partial charge in [-0.3, -0.25) is 9.59 Å². The maximum Gasteiger partial charge on any atom is 0.243 e. The lowest BCUT2D eigenvalue weighted by Gasteiger charge is -2.18. The van der Waals surface area contributed by atoms with Gasteiger partial charge in [0.2, 0.25) is 11.8 Å². The molecule has 4 N–H and O–H groups in total. The molecule has 7 heteroatoms. The molecule has 0 spiro atoms. The number of amides is 2. The number of ether oxygens (including phenoxy) is 1. The summed E-state index contributed by atoms with van der Waals surface area (Å²) in [6.45, 7) is 0.160. The van der Waals surface area contributed by atoms with Gasteiger partial charge in [-0.05, 0) is 24.1 Å². The second-order valence-electron chi connectivity index (χ2n) is 4.47. The molecule has 0 radical (unpaired) electrons. The molecule has 0 aromatic heterocycles. The van der Waals surface area contributed by atoms with Crippen LogP contribution in [0.1, 0.15) is 12.0 Å². The van der Waals surface area contributed by atoms with Crippen molar-refractivity contribution in [3.8, 4) is 0 Å². The lowest BCUT2D eigenvalue weighted by atomic mass is 10.0. The zero-order valence-corrected chi connectivity index (χ0v) is 12.0. The first-order valence-electron chi connectivity index (χ1n) is 6.08. The van der Waals surface area contributed by atoms with Crippen LogP contribution in [0.2, 0.25) is 0 Å². The first-order chi connectivity index (χ1) is 9.10. The molecule has 20 heavy (non-hydrogen) atoms. The van der Waals surface area contributed by atoms with Crippen LogP contribution >= 0.6 is 12.4 Å². The molecular formula is C13H18ClN3O3. The van der Waals surface area contributed by atoms with Crippen LogP contribution in [0.5, 0.6) is 0 Å². The highest BCUT2D eigenvalue weighted by molar-refractivity contribution is 5.97. The second-order valence-corrected chi connectivity index (χ2v) is 4.47. The Labute approximate surface area is 123 Å². The summed E-state index contributed by atoms with van der Waals surface area (Å²) < 4.78 is 4.82. The predicted octanol–water partition coefficient (Wildman–Crippen LogP) is 0.905. The third kappa shape index (κ3) is 3.93. The summed E-state index contributed by atoms with van der Waals surface area (Å²) in [5, 5.41) is 5.48. The lowest BCUT2D eigenvalue weighted by molar-refractivity contribution is -0.118. The summed E-state index contributed by atoms with van der Waals surface area (Å²) in [6, 6.07) is 4.72. The van der Waals surface area contributed by atoms with E-state index in [-0.39, 0.29) is 30.8 Å². The summed E-state index contributed by atoms with van der Waals surface area (Å²) in [4.78, 5) is 23.0. The molecule has 0 saturated heterocycles. The number of hydrogen-bond acceptors (Lipinski definition) is 4. The predicted molar refractivity (Wildman–Crippen MR) is 79.1 cm³/mol. The van der Waals surface area contributed by atoms with Gasteiger partial charge in [0.15, 0.2) is 0 Å². The monoisotopic (exact) mass is 299 g/mol. The van der Waals surface area contributed by atoms with Gasteiger partial charge in [0.1, 0.15) is 6.04 Å². The molecule has 1 unspecified atom stereocenters. The summed E-state index contributed by atoms with van der Waals surface area (Å²) in [5.41, 5.74) is 8.05. The molecule has 0 saturated carbocycles. The highest BCUT2D eigenvalue weighted by Gasteiger charge is 2.17. The van der Waals surface area contributed by atoms with E-state index in [9.17, 15) is 9.59 Å². The normalized spacial score (nSPS) is 14.6. The van der Waals surface area contributed by atoms with Crippen LogP contribution in [0, 0.1) is 0 Å². The molecule has 1 atom stereocenters. The second kappa shape index (κ2) is 7.23. The van der Waals surface area contributed by atoms with Crippen LogP contribution in [0.15, 0.2) is 18.2 Å². The van der Waals surface area contributed by atoms with Gasteiger partial charge in [0.05, 0.1) is 6.61 Å². The molecule has 6 nitrogen and oxygen atoms in total. The Kier molecular flexibility index (Phi) is 5.94. The Morgan fingerprint density at radius 2 is 2.25 bits per heavy atom. The summed E-state index contributed by atoms with van der Waals surface area (Å²) in [7, 11) is 1.49. The van der Waals surface area contributed by atoms with Gasteiger partial charge in [-0.1, -0.05) is 6.07 Å². The van der Waals surface area contributed by atoms with E-state index in [1.54, 1.807) is 12.1 Å². The molecule has 1 aromatic rings. The number of carbonyl (C=O) groups is 2. The lowest BCUT2D eigenvalue weighted by Crippen LogP contribution is -2.39. The van der Waals surface area contributed by atoms with Gasteiger partial charge in [-0.15, -0.1) is 12.4 Å². The van der Waals surface area contributed by atoms with E-state index in [0.29, 0.717) is 12.1 Å². The number of aryl methyl sites for hydroxylation is 1. The quantitative estimate of drug-likeness (QED) is 0.770. The van der Waals surface area contributed by atoms with Crippen molar-refractivity contribution in [1.29, 1.82) is 0 Å². The SMILES string of the molecule is COCC(N)C(=O)Nc1ccc2c(c1)NC(=O)CC2.Cl. The van der Waals surface area contributed by atoms with Crippen LogP contribution in [0.25, 0.3) is 0 Å². The van der Waals surface area contributed by atoms with Gasteiger partial charge >= 0.3 is 0 Å². The third-order valence-electron chi connectivity index (χ3n) is 2.96. The Morgan fingerprint density at radius 1 is 1.50 bits per heavy atom. The van der Waals surface area contributed by atoms with Gasteiger partial charge in [-0.25, -0.2) is 0 Å². The number of hydrogen-bond donors (Lipinski definition) is 3. The molecule has 1 aliphatic rings. The molecule has 0 aliphatic carbocycles. The number of benzene rings is 1. The number of anilines is 2. The van der Waals surface area contributed by atoms with Crippen molar-refractivity contribution in [3.63, 3.8) is 0 Å². The fourth-order valence-corrected chi connectivity index (χ4v) is 1.94. The van der Waals surface area contributed by atoms with E-state index in [0.717, 1.165) is 17.7 Å². The summed E-state index contributed by atoms with van der Waals surface area (Å²) >= 11 is 0. The van der Waals surface area contributed by atoms with Crippen molar-refractivity contribution >= 4 is 35.6 Å². The summed E-state index contributed by atoms with van der Waals surface area (Å²) in [6.07, 6.45) is 1.22. The average Bonchev–Trinajstić information content (AvgIpc) is 2.38. The molecule has 2 amide bonds. The number of rotatable bonds is 4. The van der Waals surface area contributed by atoms with Crippen LogP contribution in [-0.4, -0.2) is 31.6 Å². The van der Waals surface area contributed by atoms with E-state index in [4.69, 9.17) is 10.5 Å². The first kappa shape index (κ1) is 16.4. The molecule has 110 valence electrons. The Hall–Kier alpha value is -1.63. The topological polar surface area (TPSA) is 93.4 Å². The smallest absolute Gasteiger partial charge is 0.243 e. The van der Waals surface area contributed by atoms with Gasteiger partial charge < -0.3 is 21.1 Å². The van der Waals surface area contributed by atoms with Gasteiger partial charge in [-0.2, -0.15) is 0 Å². The molecule has 0 bridgehead atoms. The van der Waals surface area contributed by atoms with Crippen LogP contribution in [-0.2, 0) is 20.7 Å². The van der Waals surface area contributed by atoms with Crippen LogP contribution < -0.4 is 16.4 Å². The Bertz CT molecular complexity index is 508. The van der Waals surface area contributed by atoms with Gasteiger partial charge in [0.25, 0.3) is 0 Å². The number of fused-ring (bicyclic) bond motifs is 1. The first-order valence-corrected chi connectivity index (χ1v) is 6.08. The summed E-state index contributed by atoms with van der Waals surface area (Å²) in [5.74, 6) is -0.323.